The van der Waals surface area contributed by atoms with Crippen molar-refractivity contribution in [3.05, 3.63) is 10.6 Å². The van der Waals surface area contributed by atoms with E-state index in [1.807, 2.05) is 0 Å². The number of hydrogen-bond donors (Lipinski definition) is 2. The van der Waals surface area contributed by atoms with Crippen LogP contribution < -0.4 is 4.72 Å². The second kappa shape index (κ2) is 4.26. The van der Waals surface area contributed by atoms with Crippen LogP contribution in [0.15, 0.2) is 0 Å². The van der Waals surface area contributed by atoms with Gasteiger partial charge in [-0.1, -0.05) is 0 Å². The Bertz CT molecular complexity index is 528. The third-order valence-electron chi connectivity index (χ3n) is 2.64. The second-order valence-corrected chi connectivity index (χ2v) is 6.95. The molecule has 1 heterocycles. The van der Waals surface area contributed by atoms with Gasteiger partial charge in [-0.3, -0.25) is 9.52 Å². The smallest absolute Gasteiger partial charge is 0.323 e. The normalized spacial score (nSPS) is 16.5. The first kappa shape index (κ1) is 12.3. The number of rotatable bonds is 4. The topological polar surface area (TPSA) is 96.4 Å². The number of aliphatic carboxylic acids is 1. The van der Waals surface area contributed by atoms with Crippen molar-refractivity contribution in [3.63, 3.8) is 0 Å². The highest BCUT2D eigenvalue weighted by molar-refractivity contribution is 7.94. The zero-order chi connectivity index (χ0) is 12.6. The van der Waals surface area contributed by atoms with Crippen LogP contribution in [0.3, 0.4) is 0 Å². The molecule has 6 nitrogen and oxygen atoms in total. The highest BCUT2D eigenvalue weighted by Crippen LogP contribution is 2.31. The van der Waals surface area contributed by atoms with E-state index in [9.17, 15) is 13.2 Å². The molecule has 2 rings (SSSR count). The van der Waals surface area contributed by atoms with Gasteiger partial charge >= 0.3 is 5.97 Å². The predicted molar refractivity (Wildman–Crippen MR) is 63.8 cm³/mol. The lowest BCUT2D eigenvalue weighted by atomic mass is 10.4. The van der Waals surface area contributed by atoms with Crippen molar-refractivity contribution in [2.75, 3.05) is 4.72 Å². The number of carbonyl (C=O) groups is 1. The Balaban J connectivity index is 2.18. The number of thiazole rings is 1. The lowest BCUT2D eigenvalue weighted by molar-refractivity contribution is -0.136. The molecule has 0 bridgehead atoms. The maximum atomic E-state index is 11.6. The predicted octanol–water partition coefficient (Wildman–Crippen LogP) is 0.847. The molecule has 94 valence electrons. The van der Waals surface area contributed by atoms with E-state index in [1.165, 1.54) is 11.3 Å². The summed E-state index contributed by atoms with van der Waals surface area (Å²) >= 11 is 1.28. The molecule has 1 aliphatic rings. The number of carboxylic acids is 1. The first-order valence-electron chi connectivity index (χ1n) is 5.13. The molecule has 0 aromatic carbocycles. The van der Waals surface area contributed by atoms with Gasteiger partial charge in [-0.05, 0) is 26.2 Å². The van der Waals surface area contributed by atoms with Crippen LogP contribution in [0.25, 0.3) is 0 Å². The summed E-state index contributed by atoms with van der Waals surface area (Å²) in [5.74, 6) is -1.37. The van der Waals surface area contributed by atoms with E-state index in [0.29, 0.717) is 0 Å². The first-order valence-corrected chi connectivity index (χ1v) is 7.49. The van der Waals surface area contributed by atoms with Gasteiger partial charge in [0.2, 0.25) is 10.0 Å². The molecule has 0 aliphatic heterocycles. The van der Waals surface area contributed by atoms with Crippen LogP contribution in [0.1, 0.15) is 23.9 Å². The van der Waals surface area contributed by atoms with Gasteiger partial charge < -0.3 is 5.11 Å². The molecule has 0 saturated carbocycles. The summed E-state index contributed by atoms with van der Waals surface area (Å²) in [7, 11) is -3.90. The van der Waals surface area contributed by atoms with Crippen LogP contribution in [-0.4, -0.2) is 29.7 Å². The first-order chi connectivity index (χ1) is 7.90. The minimum absolute atomic E-state index is 0.266. The van der Waals surface area contributed by atoms with Crippen molar-refractivity contribution in [2.45, 2.75) is 31.4 Å². The number of hydrogen-bond acceptors (Lipinski definition) is 5. The zero-order valence-electron chi connectivity index (χ0n) is 9.13. The molecule has 1 aromatic heterocycles. The van der Waals surface area contributed by atoms with E-state index in [0.717, 1.165) is 36.8 Å². The van der Waals surface area contributed by atoms with Crippen LogP contribution in [0, 0.1) is 0 Å². The number of aromatic nitrogens is 1. The highest BCUT2D eigenvalue weighted by Gasteiger charge is 2.29. The van der Waals surface area contributed by atoms with Gasteiger partial charge in [-0.15, -0.1) is 11.3 Å². The fourth-order valence-corrected chi connectivity index (χ4v) is 3.72. The van der Waals surface area contributed by atoms with Crippen LogP contribution in [0.4, 0.5) is 5.13 Å². The Hall–Kier alpha value is -1.15. The fraction of sp³-hybridized carbons (Fsp3) is 0.556. The average Bonchev–Trinajstić information content (AvgIpc) is 2.75. The van der Waals surface area contributed by atoms with Crippen molar-refractivity contribution >= 4 is 32.5 Å². The summed E-state index contributed by atoms with van der Waals surface area (Å²) in [5, 5.41) is 7.46. The average molecular weight is 276 g/mol. The van der Waals surface area contributed by atoms with Gasteiger partial charge in [0.15, 0.2) is 10.4 Å². The standard InChI is InChI=1S/C9H12N2O4S2/c1-5(8(12)13)17(14,15)11-9-10-6-3-2-4-7(6)16-9/h5H,2-4H2,1H3,(H,10,11)(H,12,13). The molecule has 1 atom stereocenters. The largest absolute Gasteiger partial charge is 0.480 e. The van der Waals surface area contributed by atoms with Crippen molar-refractivity contribution in [3.8, 4) is 0 Å². The third kappa shape index (κ3) is 2.42. The number of fused-ring (bicyclic) bond motifs is 1. The van der Waals surface area contributed by atoms with Gasteiger partial charge in [0, 0.05) is 4.88 Å². The summed E-state index contributed by atoms with van der Waals surface area (Å²) in [6, 6.07) is 0. The van der Waals surface area contributed by atoms with E-state index in [4.69, 9.17) is 5.11 Å². The lowest BCUT2D eigenvalue weighted by Crippen LogP contribution is -2.32. The quantitative estimate of drug-likeness (QED) is 0.849. The Morgan fingerprint density at radius 3 is 2.82 bits per heavy atom. The van der Waals surface area contributed by atoms with Gasteiger partial charge in [-0.25, -0.2) is 13.4 Å². The van der Waals surface area contributed by atoms with Crippen molar-refractivity contribution in [2.24, 2.45) is 0 Å². The number of sulfonamides is 1. The number of carboxylic acid groups (broad SMARTS) is 1. The Morgan fingerprint density at radius 2 is 2.24 bits per heavy atom. The molecular formula is C9H12N2O4S2. The van der Waals surface area contributed by atoms with Crippen LogP contribution in [-0.2, 0) is 27.7 Å². The number of nitrogens with zero attached hydrogens (tertiary/aromatic N) is 1. The molecule has 0 fully saturated rings. The summed E-state index contributed by atoms with van der Waals surface area (Å²) < 4.78 is 25.5. The molecule has 1 aromatic rings. The van der Waals surface area contributed by atoms with Crippen LogP contribution in [0.5, 0.6) is 0 Å². The number of anilines is 1. The van der Waals surface area contributed by atoms with Crippen LogP contribution in [0.2, 0.25) is 0 Å². The van der Waals surface area contributed by atoms with Gasteiger partial charge in [-0.2, -0.15) is 0 Å². The monoisotopic (exact) mass is 276 g/mol. The number of nitrogens with one attached hydrogen (secondary N) is 1. The Kier molecular flexibility index (Phi) is 3.09. The van der Waals surface area contributed by atoms with E-state index in [2.05, 4.69) is 9.71 Å². The molecule has 1 aliphatic carbocycles. The molecule has 8 heteroatoms. The SMILES string of the molecule is CC(C(=O)O)S(=O)(=O)Nc1nc2c(s1)CCC2. The molecule has 0 saturated heterocycles. The number of aryl methyl sites for hydroxylation is 2. The van der Waals surface area contributed by atoms with Crippen molar-refractivity contribution in [1.82, 2.24) is 4.98 Å². The van der Waals surface area contributed by atoms with Gasteiger partial charge in [0.1, 0.15) is 0 Å². The molecule has 0 amide bonds. The summed E-state index contributed by atoms with van der Waals surface area (Å²) in [4.78, 5) is 15.9. The molecule has 0 radical (unpaired) electrons. The maximum absolute atomic E-state index is 11.6. The Labute approximate surface area is 103 Å². The molecule has 0 spiro atoms. The van der Waals surface area contributed by atoms with E-state index in [1.54, 1.807) is 0 Å². The van der Waals surface area contributed by atoms with E-state index < -0.39 is 21.2 Å². The van der Waals surface area contributed by atoms with Crippen molar-refractivity contribution in [1.29, 1.82) is 0 Å². The lowest BCUT2D eigenvalue weighted by Gasteiger charge is -2.08. The maximum Gasteiger partial charge on any atom is 0.323 e. The van der Waals surface area contributed by atoms with Crippen molar-refractivity contribution < 1.29 is 18.3 Å². The third-order valence-corrected chi connectivity index (χ3v) is 5.45. The summed E-state index contributed by atoms with van der Waals surface area (Å²) in [6.45, 7) is 1.13. The van der Waals surface area contributed by atoms with E-state index >= 15 is 0 Å². The zero-order valence-corrected chi connectivity index (χ0v) is 10.8. The second-order valence-electron chi connectivity index (χ2n) is 3.87. The highest BCUT2D eigenvalue weighted by atomic mass is 32.2. The van der Waals surface area contributed by atoms with Gasteiger partial charge in [0.25, 0.3) is 0 Å². The molecule has 2 N–H and O–H groups in total. The molecular weight excluding hydrogens is 264 g/mol. The van der Waals surface area contributed by atoms with Gasteiger partial charge in [0.05, 0.1) is 5.69 Å². The van der Waals surface area contributed by atoms with Crippen LogP contribution >= 0.6 is 11.3 Å². The Morgan fingerprint density at radius 1 is 1.53 bits per heavy atom. The fourth-order valence-electron chi connectivity index (χ4n) is 1.58. The van der Waals surface area contributed by atoms with E-state index in [-0.39, 0.29) is 5.13 Å². The summed E-state index contributed by atoms with van der Waals surface area (Å²) in [6.07, 6.45) is 2.83. The molecule has 1 unspecified atom stereocenters. The summed E-state index contributed by atoms with van der Waals surface area (Å²) in [5.41, 5.74) is 0.927. The minimum atomic E-state index is -3.90. The molecule has 17 heavy (non-hydrogen) atoms. The minimum Gasteiger partial charge on any atom is -0.480 e.